The highest BCUT2D eigenvalue weighted by Gasteiger charge is 2.10. The quantitative estimate of drug-likeness (QED) is 0.765. The minimum absolute atomic E-state index is 0.111. The second kappa shape index (κ2) is 7.75. The van der Waals surface area contributed by atoms with Crippen LogP contribution in [0.3, 0.4) is 0 Å². The van der Waals surface area contributed by atoms with Crippen LogP contribution < -0.4 is 5.73 Å². The van der Waals surface area contributed by atoms with Gasteiger partial charge in [-0.2, -0.15) is 0 Å². The molecule has 0 saturated heterocycles. The molecule has 0 radical (unpaired) electrons. The maximum Gasteiger partial charge on any atom is 0.277 e. The van der Waals surface area contributed by atoms with E-state index < -0.39 is 5.91 Å². The summed E-state index contributed by atoms with van der Waals surface area (Å²) in [7, 11) is 1.78. The van der Waals surface area contributed by atoms with Gasteiger partial charge in [-0.1, -0.05) is 29.4 Å². The first-order valence-electron chi connectivity index (χ1n) is 7.73. The van der Waals surface area contributed by atoms with Gasteiger partial charge in [0.2, 0.25) is 5.91 Å². The Kier molecular flexibility index (Phi) is 5.23. The van der Waals surface area contributed by atoms with E-state index in [2.05, 4.69) is 10.1 Å². The Morgan fingerprint density at radius 1 is 1.27 bits per heavy atom. The van der Waals surface area contributed by atoms with Gasteiger partial charge in [-0.05, 0) is 6.07 Å². The Bertz CT molecular complexity index is 947. The Balaban J connectivity index is 0.000000236. The largest absolute Gasteiger partial charge is 0.364 e. The van der Waals surface area contributed by atoms with Gasteiger partial charge in [0.05, 0.1) is 5.69 Å². The molecule has 8 heteroatoms. The molecule has 0 unspecified atom stereocenters. The molecule has 2 N–H and O–H groups in total. The summed E-state index contributed by atoms with van der Waals surface area (Å²) in [6.45, 7) is 0.777. The zero-order chi connectivity index (χ0) is 18.5. The smallest absolute Gasteiger partial charge is 0.277 e. The molecule has 0 spiro atoms. The average Bonchev–Trinajstić information content (AvgIpc) is 3.38. The van der Waals surface area contributed by atoms with Gasteiger partial charge in [-0.25, -0.2) is 4.98 Å². The summed E-state index contributed by atoms with van der Waals surface area (Å²) in [6, 6.07) is 9.49. The molecule has 1 aliphatic rings. The average molecular weight is 368 g/mol. The van der Waals surface area contributed by atoms with Crippen LogP contribution in [0.2, 0.25) is 0 Å². The molecule has 0 fully saturated rings. The van der Waals surface area contributed by atoms with Crippen molar-refractivity contribution in [1.82, 2.24) is 15.0 Å². The van der Waals surface area contributed by atoms with Crippen molar-refractivity contribution in [2.45, 2.75) is 0 Å². The SMILES string of the molecule is CN1CC=CC1=O.NC(=O)c1nc(-c2cccc(-c3ccon3)c2)cs1. The predicted molar refractivity (Wildman–Crippen MR) is 98.3 cm³/mol. The molecule has 3 aromatic rings. The summed E-state index contributed by atoms with van der Waals surface area (Å²) >= 11 is 1.24. The number of hydrogen-bond donors (Lipinski definition) is 1. The molecule has 3 heterocycles. The van der Waals surface area contributed by atoms with Gasteiger partial charge in [0.1, 0.15) is 12.0 Å². The molecule has 4 rings (SSSR count). The van der Waals surface area contributed by atoms with Gasteiger partial charge in [0.15, 0.2) is 5.01 Å². The summed E-state index contributed by atoms with van der Waals surface area (Å²) in [5.41, 5.74) is 8.52. The molecule has 1 aliphatic heterocycles. The third kappa shape index (κ3) is 4.04. The third-order valence-corrected chi connectivity index (χ3v) is 4.48. The molecule has 0 atom stereocenters. The van der Waals surface area contributed by atoms with E-state index in [1.165, 1.54) is 17.6 Å². The number of thiazole rings is 1. The number of nitrogens with zero attached hydrogens (tertiary/aromatic N) is 3. The number of likely N-dealkylation sites (N-methyl/N-ethyl adjacent to an activating group) is 1. The topological polar surface area (TPSA) is 102 Å². The molecule has 2 amide bonds. The molecular weight excluding hydrogens is 352 g/mol. The van der Waals surface area contributed by atoms with E-state index in [1.807, 2.05) is 35.7 Å². The Morgan fingerprint density at radius 2 is 2.04 bits per heavy atom. The fraction of sp³-hybridized carbons (Fsp3) is 0.111. The van der Waals surface area contributed by atoms with Crippen LogP contribution in [0.4, 0.5) is 0 Å². The molecule has 26 heavy (non-hydrogen) atoms. The number of hydrogen-bond acceptors (Lipinski definition) is 6. The van der Waals surface area contributed by atoms with Gasteiger partial charge in [0.25, 0.3) is 5.91 Å². The van der Waals surface area contributed by atoms with Crippen LogP contribution in [0.5, 0.6) is 0 Å². The second-order valence-electron chi connectivity index (χ2n) is 5.49. The molecular formula is C18H16N4O3S. The van der Waals surface area contributed by atoms with Crippen LogP contribution in [0.25, 0.3) is 22.5 Å². The molecule has 0 saturated carbocycles. The van der Waals surface area contributed by atoms with Crippen molar-refractivity contribution in [3.8, 4) is 22.5 Å². The number of primary amides is 1. The molecule has 1 aromatic carbocycles. The van der Waals surface area contributed by atoms with Crippen LogP contribution in [-0.4, -0.2) is 40.4 Å². The van der Waals surface area contributed by atoms with Crippen molar-refractivity contribution in [1.29, 1.82) is 0 Å². The number of nitrogens with two attached hydrogens (primary N) is 1. The van der Waals surface area contributed by atoms with Gasteiger partial charge < -0.3 is 15.2 Å². The van der Waals surface area contributed by atoms with Crippen molar-refractivity contribution in [2.75, 3.05) is 13.6 Å². The summed E-state index contributed by atoms with van der Waals surface area (Å²) in [5, 5.41) is 6.00. The number of carbonyl (C=O) groups is 2. The summed E-state index contributed by atoms with van der Waals surface area (Å²) < 4.78 is 4.83. The number of rotatable bonds is 3. The Morgan fingerprint density at radius 3 is 2.54 bits per heavy atom. The van der Waals surface area contributed by atoms with E-state index in [0.717, 1.165) is 29.1 Å². The molecule has 2 aromatic heterocycles. The van der Waals surface area contributed by atoms with E-state index in [1.54, 1.807) is 24.1 Å². The van der Waals surface area contributed by atoms with E-state index in [0.29, 0.717) is 5.01 Å². The van der Waals surface area contributed by atoms with Crippen molar-refractivity contribution < 1.29 is 14.1 Å². The minimum atomic E-state index is -0.510. The lowest BCUT2D eigenvalue weighted by Crippen LogP contribution is -2.18. The lowest BCUT2D eigenvalue weighted by Gasteiger charge is -2.03. The zero-order valence-corrected chi connectivity index (χ0v) is 14.8. The highest BCUT2D eigenvalue weighted by Crippen LogP contribution is 2.26. The second-order valence-corrected chi connectivity index (χ2v) is 6.35. The summed E-state index contributed by atoms with van der Waals surface area (Å²) in [6.07, 6.45) is 4.96. The number of benzene rings is 1. The fourth-order valence-electron chi connectivity index (χ4n) is 2.25. The van der Waals surface area contributed by atoms with E-state index in [9.17, 15) is 9.59 Å². The monoisotopic (exact) mass is 368 g/mol. The van der Waals surface area contributed by atoms with Crippen molar-refractivity contribution in [3.63, 3.8) is 0 Å². The third-order valence-electron chi connectivity index (χ3n) is 3.62. The predicted octanol–water partition coefficient (Wildman–Crippen LogP) is 2.58. The maximum absolute atomic E-state index is 11.0. The van der Waals surface area contributed by atoms with Crippen molar-refractivity contribution in [3.05, 3.63) is 59.1 Å². The first-order valence-corrected chi connectivity index (χ1v) is 8.60. The normalized spacial score (nSPS) is 12.8. The van der Waals surface area contributed by atoms with E-state index in [-0.39, 0.29) is 5.91 Å². The van der Waals surface area contributed by atoms with Crippen LogP contribution in [0, 0.1) is 0 Å². The lowest BCUT2D eigenvalue weighted by atomic mass is 10.1. The van der Waals surface area contributed by atoms with E-state index >= 15 is 0 Å². The Hall–Kier alpha value is -3.26. The standard InChI is InChI=1S/C13H9N3O2S.C5H7NO/c14-12(17)13-15-11(7-19-13)9-3-1-2-8(6-9)10-4-5-18-16-10;1-6-4-2-3-5(6)7/h1-7H,(H2,14,17);2-3H,4H2,1H3. The summed E-state index contributed by atoms with van der Waals surface area (Å²) in [5.74, 6) is -0.399. The number of aromatic nitrogens is 2. The minimum Gasteiger partial charge on any atom is -0.364 e. The highest BCUT2D eigenvalue weighted by molar-refractivity contribution is 7.12. The number of amides is 2. The van der Waals surface area contributed by atoms with Crippen molar-refractivity contribution >= 4 is 23.2 Å². The van der Waals surface area contributed by atoms with Gasteiger partial charge in [0, 0.05) is 42.2 Å². The molecule has 0 aliphatic carbocycles. The first kappa shape index (κ1) is 17.6. The van der Waals surface area contributed by atoms with Crippen LogP contribution in [-0.2, 0) is 4.79 Å². The van der Waals surface area contributed by atoms with Crippen LogP contribution in [0.15, 0.2) is 58.7 Å². The zero-order valence-electron chi connectivity index (χ0n) is 14.0. The first-order chi connectivity index (χ1) is 12.5. The molecule has 7 nitrogen and oxygen atoms in total. The molecule has 132 valence electrons. The lowest BCUT2D eigenvalue weighted by molar-refractivity contribution is -0.123. The fourth-order valence-corrected chi connectivity index (χ4v) is 2.93. The van der Waals surface area contributed by atoms with Gasteiger partial charge in [-0.15, -0.1) is 11.3 Å². The molecule has 0 bridgehead atoms. The maximum atomic E-state index is 11.0. The van der Waals surface area contributed by atoms with Gasteiger partial charge in [-0.3, -0.25) is 9.59 Å². The van der Waals surface area contributed by atoms with Crippen LogP contribution >= 0.6 is 11.3 Å². The Labute approximate surface area is 153 Å². The van der Waals surface area contributed by atoms with Crippen LogP contribution in [0.1, 0.15) is 9.80 Å². The summed E-state index contributed by atoms with van der Waals surface area (Å²) in [4.78, 5) is 27.3. The van der Waals surface area contributed by atoms with E-state index in [4.69, 9.17) is 10.3 Å². The highest BCUT2D eigenvalue weighted by atomic mass is 32.1. The number of carbonyl (C=O) groups excluding carboxylic acids is 2. The van der Waals surface area contributed by atoms with Crippen molar-refractivity contribution in [2.24, 2.45) is 5.73 Å². The van der Waals surface area contributed by atoms with Gasteiger partial charge >= 0.3 is 0 Å².